The fourth-order valence-corrected chi connectivity index (χ4v) is 2.83. The van der Waals surface area contributed by atoms with Crippen molar-refractivity contribution in [1.82, 2.24) is 14.5 Å². The van der Waals surface area contributed by atoms with Gasteiger partial charge in [0.1, 0.15) is 11.3 Å². The molecular formula is C16H15Cl2N3. The van der Waals surface area contributed by atoms with Crippen molar-refractivity contribution in [3.8, 4) is 0 Å². The molecule has 3 rings (SSSR count). The number of pyridine rings is 1. The molecule has 2 heterocycles. The number of imidazole rings is 1. The van der Waals surface area contributed by atoms with E-state index in [1.54, 1.807) is 6.20 Å². The highest BCUT2D eigenvalue weighted by molar-refractivity contribution is 6.34. The van der Waals surface area contributed by atoms with Crippen molar-refractivity contribution in [2.45, 2.75) is 19.9 Å². The summed E-state index contributed by atoms with van der Waals surface area (Å²) in [6, 6.07) is 7.87. The second-order valence-electron chi connectivity index (χ2n) is 4.96. The second kappa shape index (κ2) is 6.04. The van der Waals surface area contributed by atoms with Crippen LogP contribution in [-0.2, 0) is 13.0 Å². The quantitative estimate of drug-likeness (QED) is 0.674. The third-order valence-corrected chi connectivity index (χ3v) is 4.10. The molecule has 0 saturated carbocycles. The predicted octanol–water partition coefficient (Wildman–Crippen LogP) is 4.22. The van der Waals surface area contributed by atoms with Gasteiger partial charge in [-0.1, -0.05) is 17.7 Å². The molecule has 0 bridgehead atoms. The average Bonchev–Trinajstić information content (AvgIpc) is 2.82. The van der Waals surface area contributed by atoms with E-state index in [2.05, 4.69) is 21.5 Å². The van der Waals surface area contributed by atoms with Gasteiger partial charge in [0.15, 0.2) is 0 Å². The second-order valence-corrected chi connectivity index (χ2v) is 5.75. The molecule has 108 valence electrons. The van der Waals surface area contributed by atoms with Gasteiger partial charge in [0.05, 0.1) is 17.1 Å². The summed E-state index contributed by atoms with van der Waals surface area (Å²) in [4.78, 5) is 8.87. The van der Waals surface area contributed by atoms with Crippen LogP contribution in [0, 0.1) is 6.92 Å². The molecule has 21 heavy (non-hydrogen) atoms. The Hall–Kier alpha value is -1.58. The first-order valence-electron chi connectivity index (χ1n) is 6.80. The molecule has 0 unspecified atom stereocenters. The van der Waals surface area contributed by atoms with E-state index in [9.17, 15) is 0 Å². The fraction of sp³-hybridized carbons (Fsp3) is 0.250. The lowest BCUT2D eigenvalue weighted by Gasteiger charge is -2.10. The number of nitrogens with zero attached hydrogens (tertiary/aromatic N) is 3. The van der Waals surface area contributed by atoms with Crippen LogP contribution in [0.3, 0.4) is 0 Å². The van der Waals surface area contributed by atoms with Gasteiger partial charge in [0.2, 0.25) is 0 Å². The molecule has 1 aromatic carbocycles. The number of aromatic nitrogens is 3. The zero-order valence-electron chi connectivity index (χ0n) is 11.7. The van der Waals surface area contributed by atoms with Gasteiger partial charge < -0.3 is 4.57 Å². The van der Waals surface area contributed by atoms with Crippen molar-refractivity contribution in [2.75, 3.05) is 5.88 Å². The van der Waals surface area contributed by atoms with E-state index < -0.39 is 0 Å². The molecule has 0 aliphatic heterocycles. The summed E-state index contributed by atoms with van der Waals surface area (Å²) in [5.41, 5.74) is 4.25. The third kappa shape index (κ3) is 2.76. The van der Waals surface area contributed by atoms with E-state index in [0.717, 1.165) is 23.4 Å². The Balaban J connectivity index is 2.13. The van der Waals surface area contributed by atoms with Crippen molar-refractivity contribution < 1.29 is 0 Å². The van der Waals surface area contributed by atoms with Crippen molar-refractivity contribution in [3.63, 3.8) is 0 Å². The number of fused-ring (bicyclic) bond motifs is 1. The number of aryl methyl sites for hydroxylation is 2. The first kappa shape index (κ1) is 14.4. The lowest BCUT2D eigenvalue weighted by atomic mass is 10.1. The van der Waals surface area contributed by atoms with Gasteiger partial charge in [-0.3, -0.25) is 4.98 Å². The van der Waals surface area contributed by atoms with Gasteiger partial charge in [-0.05, 0) is 36.2 Å². The van der Waals surface area contributed by atoms with Crippen LogP contribution in [0.25, 0.3) is 11.0 Å². The van der Waals surface area contributed by atoms with E-state index >= 15 is 0 Å². The first-order valence-corrected chi connectivity index (χ1v) is 7.71. The molecule has 3 nitrogen and oxygen atoms in total. The summed E-state index contributed by atoms with van der Waals surface area (Å²) in [6.45, 7) is 2.81. The SMILES string of the molecule is Cc1ccncc1Cn1c(CCCl)nc2c(Cl)cccc21. The van der Waals surface area contributed by atoms with Crippen LogP contribution in [0.4, 0.5) is 0 Å². The zero-order chi connectivity index (χ0) is 14.8. The lowest BCUT2D eigenvalue weighted by molar-refractivity contribution is 0.748. The average molecular weight is 320 g/mol. The van der Waals surface area contributed by atoms with Crippen molar-refractivity contribution in [2.24, 2.45) is 0 Å². The number of para-hydroxylation sites is 1. The van der Waals surface area contributed by atoms with Gasteiger partial charge in [-0.15, -0.1) is 11.6 Å². The van der Waals surface area contributed by atoms with Crippen LogP contribution in [-0.4, -0.2) is 20.4 Å². The predicted molar refractivity (Wildman–Crippen MR) is 87.2 cm³/mol. The molecule has 5 heteroatoms. The van der Waals surface area contributed by atoms with E-state index in [1.165, 1.54) is 11.1 Å². The summed E-state index contributed by atoms with van der Waals surface area (Å²) in [6.07, 6.45) is 4.42. The highest BCUT2D eigenvalue weighted by atomic mass is 35.5. The number of hydrogen-bond donors (Lipinski definition) is 0. The van der Waals surface area contributed by atoms with Gasteiger partial charge in [0, 0.05) is 24.7 Å². The molecule has 0 saturated heterocycles. The summed E-state index contributed by atoms with van der Waals surface area (Å²) >= 11 is 12.2. The minimum absolute atomic E-state index is 0.535. The molecule has 0 radical (unpaired) electrons. The zero-order valence-corrected chi connectivity index (χ0v) is 13.2. The molecule has 0 N–H and O–H groups in total. The maximum Gasteiger partial charge on any atom is 0.111 e. The summed E-state index contributed by atoms with van der Waals surface area (Å²) in [5.74, 6) is 1.49. The molecule has 0 aliphatic rings. The Morgan fingerprint density at radius 2 is 2.10 bits per heavy atom. The summed E-state index contributed by atoms with van der Waals surface area (Å²) in [5, 5.41) is 0.671. The molecule has 0 fully saturated rings. The molecule has 0 amide bonds. The highest BCUT2D eigenvalue weighted by Crippen LogP contribution is 2.25. The van der Waals surface area contributed by atoms with Crippen LogP contribution in [0.5, 0.6) is 0 Å². The third-order valence-electron chi connectivity index (χ3n) is 3.60. The Bertz CT molecular complexity index is 780. The first-order chi connectivity index (χ1) is 10.2. The highest BCUT2D eigenvalue weighted by Gasteiger charge is 2.13. The Labute approximate surface area is 133 Å². The monoisotopic (exact) mass is 319 g/mol. The Kier molecular flexibility index (Phi) is 4.13. The fourth-order valence-electron chi connectivity index (χ4n) is 2.45. The van der Waals surface area contributed by atoms with Gasteiger partial charge in [-0.2, -0.15) is 0 Å². The van der Waals surface area contributed by atoms with Crippen LogP contribution < -0.4 is 0 Å². The Morgan fingerprint density at radius 3 is 2.86 bits per heavy atom. The number of benzene rings is 1. The smallest absolute Gasteiger partial charge is 0.111 e. The molecule has 0 aliphatic carbocycles. The van der Waals surface area contributed by atoms with Crippen LogP contribution in [0.15, 0.2) is 36.7 Å². The number of hydrogen-bond acceptors (Lipinski definition) is 2. The minimum atomic E-state index is 0.535. The molecule has 3 aromatic rings. The largest absolute Gasteiger partial charge is 0.323 e. The van der Waals surface area contributed by atoms with Crippen molar-refractivity contribution in [1.29, 1.82) is 0 Å². The number of rotatable bonds is 4. The van der Waals surface area contributed by atoms with Crippen LogP contribution in [0.1, 0.15) is 17.0 Å². The normalized spacial score (nSPS) is 11.2. The molecule has 0 atom stereocenters. The molecule has 0 spiro atoms. The van der Waals surface area contributed by atoms with E-state index in [1.807, 2.05) is 30.5 Å². The minimum Gasteiger partial charge on any atom is -0.323 e. The van der Waals surface area contributed by atoms with Crippen molar-refractivity contribution in [3.05, 3.63) is 58.6 Å². The summed E-state index contributed by atoms with van der Waals surface area (Å²) in [7, 11) is 0. The lowest BCUT2D eigenvalue weighted by Crippen LogP contribution is -2.07. The van der Waals surface area contributed by atoms with E-state index in [0.29, 0.717) is 17.3 Å². The molecule has 2 aromatic heterocycles. The maximum absolute atomic E-state index is 6.26. The number of halogens is 2. The van der Waals surface area contributed by atoms with Gasteiger partial charge >= 0.3 is 0 Å². The van der Waals surface area contributed by atoms with E-state index in [4.69, 9.17) is 23.2 Å². The maximum atomic E-state index is 6.26. The van der Waals surface area contributed by atoms with Crippen LogP contribution in [0.2, 0.25) is 5.02 Å². The van der Waals surface area contributed by atoms with Crippen LogP contribution >= 0.6 is 23.2 Å². The standard InChI is InChI=1S/C16H15Cl2N3/c1-11-6-8-19-9-12(11)10-21-14-4-2-3-13(18)16(14)20-15(21)5-7-17/h2-4,6,8-9H,5,7,10H2,1H3. The van der Waals surface area contributed by atoms with Gasteiger partial charge in [-0.25, -0.2) is 4.98 Å². The van der Waals surface area contributed by atoms with E-state index in [-0.39, 0.29) is 0 Å². The topological polar surface area (TPSA) is 30.7 Å². The Morgan fingerprint density at radius 1 is 1.24 bits per heavy atom. The van der Waals surface area contributed by atoms with Crippen molar-refractivity contribution >= 4 is 34.2 Å². The molecular weight excluding hydrogens is 305 g/mol. The number of alkyl halides is 1. The van der Waals surface area contributed by atoms with Gasteiger partial charge in [0.25, 0.3) is 0 Å². The summed E-state index contributed by atoms with van der Waals surface area (Å²) < 4.78 is 2.17.